The molecule has 0 bridgehead atoms. The molecule has 168 valence electrons. The number of nitrogens with zero attached hydrogens (tertiary/aromatic N) is 1. The third kappa shape index (κ3) is 6.52. The molecule has 0 aliphatic carbocycles. The molecule has 3 N–H and O–H groups in total. The highest BCUT2D eigenvalue weighted by Crippen LogP contribution is 2.17. The van der Waals surface area contributed by atoms with E-state index in [0.717, 1.165) is 24.3 Å². The van der Waals surface area contributed by atoms with Crippen molar-refractivity contribution in [2.24, 2.45) is 0 Å². The molecule has 1 amide bonds. The second kappa shape index (κ2) is 9.91. The number of hydrogen-bond acceptors (Lipinski definition) is 7. The Bertz CT molecular complexity index is 1190. The van der Waals surface area contributed by atoms with Crippen LogP contribution in [0, 0.1) is 15.9 Å². The van der Waals surface area contributed by atoms with Gasteiger partial charge in [-0.05, 0) is 25.1 Å². The first kappa shape index (κ1) is 24.3. The van der Waals surface area contributed by atoms with E-state index in [4.69, 9.17) is 0 Å². The Labute approximate surface area is 177 Å². The van der Waals surface area contributed by atoms with Crippen LogP contribution in [0.3, 0.4) is 0 Å². The molecule has 1 atom stereocenters. The number of nitro groups is 1. The van der Waals surface area contributed by atoms with Crippen LogP contribution in [0.4, 0.5) is 10.1 Å². The molecule has 0 aliphatic heterocycles. The first-order valence-corrected chi connectivity index (χ1v) is 11.7. The summed E-state index contributed by atoms with van der Waals surface area (Å²) < 4.78 is 66.6. The van der Waals surface area contributed by atoms with Gasteiger partial charge in [0.25, 0.3) is 5.69 Å². The van der Waals surface area contributed by atoms with Crippen molar-refractivity contribution in [1.82, 2.24) is 14.8 Å². The van der Waals surface area contributed by atoms with Crippen molar-refractivity contribution in [2.45, 2.75) is 22.8 Å². The van der Waals surface area contributed by atoms with Crippen molar-refractivity contribution in [1.29, 1.82) is 0 Å². The zero-order chi connectivity index (χ0) is 23.2. The molecule has 0 spiro atoms. The summed E-state index contributed by atoms with van der Waals surface area (Å²) in [5, 5.41) is 13.1. The SMILES string of the molecule is C[C@H](NS(=O)(=O)c1ccccc1F)C(=O)NCCNS(=O)(=O)c1cccc([N+](=O)[O-])c1. The summed E-state index contributed by atoms with van der Waals surface area (Å²) in [6.45, 7) is 0.781. The number of benzene rings is 2. The number of nitrogens with one attached hydrogen (secondary N) is 3. The van der Waals surface area contributed by atoms with Crippen LogP contribution in [0.15, 0.2) is 58.3 Å². The molecule has 0 unspecified atom stereocenters. The molecule has 0 fully saturated rings. The molecule has 2 aromatic carbocycles. The summed E-state index contributed by atoms with van der Waals surface area (Å²) in [4.78, 5) is 21.2. The van der Waals surface area contributed by atoms with Gasteiger partial charge in [0.1, 0.15) is 10.7 Å². The molecule has 31 heavy (non-hydrogen) atoms. The molecule has 0 heterocycles. The van der Waals surface area contributed by atoms with Gasteiger partial charge in [-0.2, -0.15) is 4.72 Å². The average Bonchev–Trinajstić information content (AvgIpc) is 2.71. The Kier molecular flexibility index (Phi) is 7.78. The van der Waals surface area contributed by atoms with Gasteiger partial charge < -0.3 is 5.32 Å². The fourth-order valence-corrected chi connectivity index (χ4v) is 4.74. The molecule has 0 aliphatic rings. The predicted octanol–water partition coefficient (Wildman–Crippen LogP) is 0.495. The molecule has 2 rings (SSSR count). The normalized spacial score (nSPS) is 12.8. The Morgan fingerprint density at radius 3 is 2.39 bits per heavy atom. The number of halogens is 1. The number of sulfonamides is 2. The molecular formula is C17H19FN4O7S2. The maximum Gasteiger partial charge on any atom is 0.270 e. The Balaban J connectivity index is 1.89. The second-order valence-corrected chi connectivity index (χ2v) is 9.67. The minimum Gasteiger partial charge on any atom is -0.353 e. The second-order valence-electron chi connectivity index (χ2n) is 6.22. The summed E-state index contributed by atoms with van der Waals surface area (Å²) in [5.74, 6) is -1.74. The zero-order valence-corrected chi connectivity index (χ0v) is 17.7. The minimum absolute atomic E-state index is 0.196. The maximum absolute atomic E-state index is 13.7. The molecule has 0 saturated heterocycles. The first-order chi connectivity index (χ1) is 14.4. The van der Waals surface area contributed by atoms with Crippen molar-refractivity contribution >= 4 is 31.6 Å². The number of nitro benzene ring substituents is 1. The van der Waals surface area contributed by atoms with E-state index >= 15 is 0 Å². The zero-order valence-electron chi connectivity index (χ0n) is 16.1. The van der Waals surface area contributed by atoms with Crippen molar-refractivity contribution in [3.8, 4) is 0 Å². The van der Waals surface area contributed by atoms with Crippen LogP contribution in [-0.4, -0.2) is 46.8 Å². The average molecular weight is 474 g/mol. The molecule has 0 saturated carbocycles. The van der Waals surface area contributed by atoms with Crippen molar-refractivity contribution in [2.75, 3.05) is 13.1 Å². The van der Waals surface area contributed by atoms with Gasteiger partial charge >= 0.3 is 0 Å². The smallest absolute Gasteiger partial charge is 0.270 e. The van der Waals surface area contributed by atoms with Crippen LogP contribution < -0.4 is 14.8 Å². The Hall–Kier alpha value is -2.94. The summed E-state index contributed by atoms with van der Waals surface area (Å²) in [6.07, 6.45) is 0. The topological polar surface area (TPSA) is 165 Å². The minimum atomic E-state index is -4.29. The van der Waals surface area contributed by atoms with Gasteiger partial charge in [-0.25, -0.2) is 25.9 Å². The summed E-state index contributed by atoms with van der Waals surface area (Å²) in [6, 6.07) is 7.82. The highest BCUT2D eigenvalue weighted by molar-refractivity contribution is 7.89. The standard InChI is InChI=1S/C17H19FN4O7S2/c1-12(21-31(28,29)16-8-3-2-7-15(16)18)17(23)19-9-10-20-30(26,27)14-6-4-5-13(11-14)22(24)25/h2-8,11-12,20-21H,9-10H2,1H3,(H,19,23)/t12-/m0/s1. The third-order valence-corrected chi connectivity index (χ3v) is 6.94. The molecule has 0 radical (unpaired) electrons. The van der Waals surface area contributed by atoms with Crippen LogP contribution in [0.5, 0.6) is 0 Å². The number of carbonyl (C=O) groups is 1. The third-order valence-electron chi connectivity index (χ3n) is 3.91. The lowest BCUT2D eigenvalue weighted by Crippen LogP contribution is -2.46. The molecule has 2 aromatic rings. The van der Waals surface area contributed by atoms with Crippen molar-refractivity contribution in [3.05, 3.63) is 64.5 Å². The fraction of sp³-hybridized carbons (Fsp3) is 0.235. The number of hydrogen-bond donors (Lipinski definition) is 3. The molecule has 0 aromatic heterocycles. The molecule has 14 heteroatoms. The predicted molar refractivity (Wildman–Crippen MR) is 107 cm³/mol. The highest BCUT2D eigenvalue weighted by atomic mass is 32.2. The van der Waals surface area contributed by atoms with Gasteiger partial charge in [0.05, 0.1) is 15.9 Å². The van der Waals surface area contributed by atoms with E-state index in [0.29, 0.717) is 0 Å². The summed E-state index contributed by atoms with van der Waals surface area (Å²) >= 11 is 0. The van der Waals surface area contributed by atoms with Crippen molar-refractivity contribution in [3.63, 3.8) is 0 Å². The van der Waals surface area contributed by atoms with E-state index in [2.05, 4.69) is 10.0 Å². The van der Waals surface area contributed by atoms with Gasteiger partial charge in [0.2, 0.25) is 26.0 Å². The lowest BCUT2D eigenvalue weighted by Gasteiger charge is -2.15. The summed E-state index contributed by atoms with van der Waals surface area (Å²) in [5.41, 5.74) is -0.396. The van der Waals surface area contributed by atoms with Gasteiger partial charge in [-0.15, -0.1) is 0 Å². The van der Waals surface area contributed by atoms with Gasteiger partial charge in [0, 0.05) is 25.2 Å². The van der Waals surface area contributed by atoms with E-state index in [1.807, 2.05) is 4.72 Å². The van der Waals surface area contributed by atoms with E-state index in [1.165, 1.54) is 31.2 Å². The van der Waals surface area contributed by atoms with E-state index in [1.54, 1.807) is 0 Å². The number of non-ortho nitro benzene ring substituents is 1. The van der Waals surface area contributed by atoms with Crippen LogP contribution in [-0.2, 0) is 24.8 Å². The Morgan fingerprint density at radius 1 is 1.06 bits per heavy atom. The highest BCUT2D eigenvalue weighted by Gasteiger charge is 2.24. The molecule has 11 nitrogen and oxygen atoms in total. The molecular weight excluding hydrogens is 455 g/mol. The van der Waals surface area contributed by atoms with Crippen LogP contribution in [0.25, 0.3) is 0 Å². The van der Waals surface area contributed by atoms with E-state index in [-0.39, 0.29) is 18.0 Å². The van der Waals surface area contributed by atoms with Gasteiger partial charge in [-0.1, -0.05) is 18.2 Å². The maximum atomic E-state index is 13.7. The van der Waals surface area contributed by atoms with Crippen LogP contribution in [0.2, 0.25) is 0 Å². The van der Waals surface area contributed by atoms with Crippen LogP contribution in [0.1, 0.15) is 6.92 Å². The van der Waals surface area contributed by atoms with Crippen LogP contribution >= 0.6 is 0 Å². The monoisotopic (exact) mass is 474 g/mol. The fourth-order valence-electron chi connectivity index (χ4n) is 2.38. The van der Waals surface area contributed by atoms with E-state index < -0.39 is 53.3 Å². The number of carbonyl (C=O) groups excluding carboxylic acids is 1. The summed E-state index contributed by atoms with van der Waals surface area (Å²) in [7, 11) is -8.35. The quantitative estimate of drug-likeness (QED) is 0.256. The lowest BCUT2D eigenvalue weighted by atomic mass is 10.3. The number of rotatable bonds is 10. The van der Waals surface area contributed by atoms with E-state index in [9.17, 15) is 36.1 Å². The first-order valence-electron chi connectivity index (χ1n) is 8.73. The van der Waals surface area contributed by atoms with Gasteiger partial charge in [-0.3, -0.25) is 14.9 Å². The Morgan fingerprint density at radius 2 is 1.74 bits per heavy atom. The lowest BCUT2D eigenvalue weighted by molar-refractivity contribution is -0.385. The largest absolute Gasteiger partial charge is 0.353 e. The van der Waals surface area contributed by atoms with Crippen molar-refractivity contribution < 1.29 is 30.9 Å². The number of amides is 1. The van der Waals surface area contributed by atoms with Gasteiger partial charge in [0.15, 0.2) is 0 Å².